The van der Waals surface area contributed by atoms with Crippen molar-refractivity contribution in [3.63, 3.8) is 0 Å². The minimum Gasteiger partial charge on any atom is -0.377 e. The summed E-state index contributed by atoms with van der Waals surface area (Å²) in [6, 6.07) is 1.94. The molecule has 0 bridgehead atoms. The molecule has 1 aromatic carbocycles. The number of benzene rings is 1. The van der Waals surface area contributed by atoms with E-state index < -0.39 is 26.6 Å². The van der Waals surface area contributed by atoms with Gasteiger partial charge in [0, 0.05) is 12.1 Å². The van der Waals surface area contributed by atoms with Gasteiger partial charge in [0.1, 0.15) is 5.82 Å². The number of carbonyl (C=O) groups excluding carboxylic acids is 1. The van der Waals surface area contributed by atoms with Crippen LogP contribution in [0.4, 0.5) is 4.39 Å². The highest BCUT2D eigenvalue weighted by Gasteiger charge is 2.20. The number of sulfonamides is 1. The second-order valence-corrected chi connectivity index (χ2v) is 6.81. The average Bonchev–Trinajstić information content (AvgIpc) is 2.35. The lowest BCUT2D eigenvalue weighted by atomic mass is 10.2. The first kappa shape index (κ1) is 18.0. The van der Waals surface area contributed by atoms with Crippen molar-refractivity contribution in [3.8, 4) is 0 Å². The van der Waals surface area contributed by atoms with Crippen molar-refractivity contribution in [2.45, 2.75) is 24.8 Å². The van der Waals surface area contributed by atoms with Crippen LogP contribution in [0.25, 0.3) is 0 Å². The van der Waals surface area contributed by atoms with E-state index in [1.807, 2.05) is 13.8 Å². The Hall–Kier alpha value is -1.03. The molecule has 9 heteroatoms. The molecule has 1 rings (SSSR count). The van der Waals surface area contributed by atoms with Crippen molar-refractivity contribution < 1.29 is 22.3 Å². The van der Waals surface area contributed by atoms with E-state index in [0.29, 0.717) is 6.61 Å². The smallest absolute Gasteiger partial charge is 0.251 e. The van der Waals surface area contributed by atoms with Gasteiger partial charge in [0.15, 0.2) is 0 Å². The van der Waals surface area contributed by atoms with Gasteiger partial charge in [-0.3, -0.25) is 4.79 Å². The highest BCUT2D eigenvalue weighted by molar-refractivity contribution is 9.10. The molecule has 0 fully saturated rings. The van der Waals surface area contributed by atoms with E-state index in [-0.39, 0.29) is 22.7 Å². The van der Waals surface area contributed by atoms with E-state index in [0.717, 1.165) is 12.1 Å². The number of nitrogens with two attached hydrogens (primary N) is 1. The summed E-state index contributed by atoms with van der Waals surface area (Å²) in [6.07, 6.45) is 0.0287. The summed E-state index contributed by atoms with van der Waals surface area (Å²) in [5.74, 6) is -1.50. The van der Waals surface area contributed by atoms with Crippen LogP contribution in [0.5, 0.6) is 0 Å². The molecule has 0 aliphatic rings. The van der Waals surface area contributed by atoms with E-state index in [2.05, 4.69) is 21.2 Å². The Kier molecular flexibility index (Phi) is 6.26. The van der Waals surface area contributed by atoms with Crippen LogP contribution in [0, 0.1) is 5.82 Å². The average molecular weight is 383 g/mol. The van der Waals surface area contributed by atoms with Crippen LogP contribution in [0.1, 0.15) is 24.2 Å². The fourth-order valence-corrected chi connectivity index (χ4v) is 3.01. The Labute approximate surface area is 131 Å². The molecule has 0 radical (unpaired) electrons. The second kappa shape index (κ2) is 7.30. The van der Waals surface area contributed by atoms with Crippen LogP contribution in [0.15, 0.2) is 21.5 Å². The molecule has 0 unspecified atom stereocenters. The zero-order valence-electron chi connectivity index (χ0n) is 11.5. The van der Waals surface area contributed by atoms with Crippen LogP contribution in [0.2, 0.25) is 0 Å². The highest BCUT2D eigenvalue weighted by atomic mass is 79.9. The maximum Gasteiger partial charge on any atom is 0.251 e. The first-order valence-electron chi connectivity index (χ1n) is 6.04. The Bertz CT molecular complexity index is 634. The van der Waals surface area contributed by atoms with Crippen LogP contribution in [-0.4, -0.2) is 33.6 Å². The lowest BCUT2D eigenvalue weighted by Crippen LogP contribution is -2.28. The molecule has 0 aromatic heterocycles. The van der Waals surface area contributed by atoms with Gasteiger partial charge in [-0.2, -0.15) is 0 Å². The van der Waals surface area contributed by atoms with Crippen LogP contribution < -0.4 is 10.5 Å². The van der Waals surface area contributed by atoms with E-state index >= 15 is 0 Å². The molecule has 118 valence electrons. The topological polar surface area (TPSA) is 98.5 Å². The molecule has 0 spiro atoms. The van der Waals surface area contributed by atoms with Crippen molar-refractivity contribution in [2.75, 3.05) is 13.2 Å². The number of nitrogens with one attached hydrogen (secondary N) is 1. The van der Waals surface area contributed by atoms with E-state index in [9.17, 15) is 17.6 Å². The summed E-state index contributed by atoms with van der Waals surface area (Å²) in [5, 5.41) is 7.47. The first-order chi connectivity index (χ1) is 9.62. The number of rotatable bonds is 6. The van der Waals surface area contributed by atoms with Gasteiger partial charge in [-0.1, -0.05) is 0 Å². The number of hydrogen-bond donors (Lipinski definition) is 2. The third-order valence-electron chi connectivity index (χ3n) is 2.40. The van der Waals surface area contributed by atoms with Crippen molar-refractivity contribution >= 4 is 31.9 Å². The monoisotopic (exact) mass is 382 g/mol. The second-order valence-electron chi connectivity index (χ2n) is 4.49. The maximum atomic E-state index is 13.7. The number of amides is 1. The van der Waals surface area contributed by atoms with Gasteiger partial charge in [0.2, 0.25) is 10.0 Å². The zero-order valence-corrected chi connectivity index (χ0v) is 13.9. The Balaban J connectivity index is 2.89. The Morgan fingerprint density at radius 1 is 1.48 bits per heavy atom. The number of ether oxygens (including phenoxy) is 1. The molecule has 0 saturated heterocycles. The summed E-state index contributed by atoms with van der Waals surface area (Å²) in [4.78, 5) is 11.4. The third-order valence-corrected chi connectivity index (χ3v) is 4.41. The third kappa shape index (κ3) is 5.34. The minimum absolute atomic E-state index is 0.0287. The number of hydrogen-bond acceptors (Lipinski definition) is 4. The maximum absolute atomic E-state index is 13.7. The lowest BCUT2D eigenvalue weighted by molar-refractivity contribution is 0.0746. The van der Waals surface area contributed by atoms with Crippen molar-refractivity contribution in [1.29, 1.82) is 0 Å². The summed E-state index contributed by atoms with van der Waals surface area (Å²) in [6.45, 7) is 4.22. The molecule has 0 heterocycles. The van der Waals surface area contributed by atoms with Gasteiger partial charge in [-0.25, -0.2) is 17.9 Å². The van der Waals surface area contributed by atoms with E-state index in [1.54, 1.807) is 0 Å². The Morgan fingerprint density at radius 2 is 2.10 bits per heavy atom. The van der Waals surface area contributed by atoms with E-state index in [4.69, 9.17) is 9.88 Å². The predicted molar refractivity (Wildman–Crippen MR) is 78.9 cm³/mol. The molecule has 1 amide bonds. The highest BCUT2D eigenvalue weighted by Crippen LogP contribution is 2.25. The molecule has 0 saturated carbocycles. The normalized spacial score (nSPS) is 11.7. The quantitative estimate of drug-likeness (QED) is 0.726. The lowest BCUT2D eigenvalue weighted by Gasteiger charge is -2.10. The van der Waals surface area contributed by atoms with Gasteiger partial charge >= 0.3 is 0 Å². The molecule has 21 heavy (non-hydrogen) atoms. The van der Waals surface area contributed by atoms with Gasteiger partial charge in [-0.05, 0) is 41.9 Å². The molecule has 3 N–H and O–H groups in total. The Morgan fingerprint density at radius 3 is 2.62 bits per heavy atom. The molecular weight excluding hydrogens is 367 g/mol. The molecule has 0 atom stereocenters. The molecule has 6 nitrogen and oxygen atoms in total. The number of carbonyl (C=O) groups is 1. The largest absolute Gasteiger partial charge is 0.377 e. The summed E-state index contributed by atoms with van der Waals surface area (Å²) < 4.78 is 41.3. The van der Waals surface area contributed by atoms with Crippen LogP contribution in [0.3, 0.4) is 0 Å². The van der Waals surface area contributed by atoms with Gasteiger partial charge in [0.05, 0.1) is 22.1 Å². The predicted octanol–water partition coefficient (Wildman–Crippen LogP) is 1.39. The number of halogens is 2. The first-order valence-corrected chi connectivity index (χ1v) is 8.38. The van der Waals surface area contributed by atoms with Crippen molar-refractivity contribution in [1.82, 2.24) is 5.32 Å². The van der Waals surface area contributed by atoms with Gasteiger partial charge < -0.3 is 10.1 Å². The fraction of sp³-hybridized carbons (Fsp3) is 0.417. The fourth-order valence-electron chi connectivity index (χ4n) is 1.46. The summed E-state index contributed by atoms with van der Waals surface area (Å²) in [5.41, 5.74) is -0.135. The molecule has 0 aliphatic heterocycles. The zero-order chi connectivity index (χ0) is 16.2. The van der Waals surface area contributed by atoms with Crippen molar-refractivity contribution in [3.05, 3.63) is 28.0 Å². The summed E-state index contributed by atoms with van der Waals surface area (Å²) >= 11 is 2.79. The van der Waals surface area contributed by atoms with E-state index in [1.165, 1.54) is 0 Å². The molecular formula is C12H16BrFN2O4S. The molecule has 1 aromatic rings. The minimum atomic E-state index is -4.14. The number of primary sulfonamides is 1. The summed E-state index contributed by atoms with van der Waals surface area (Å²) in [7, 11) is -4.14. The standard InChI is InChI=1S/C12H16BrFN2O4S/c1-7(2)20-4-3-16-12(17)8-5-9(14)11(13)10(6-8)21(15,18)19/h5-7H,3-4H2,1-2H3,(H,16,17)(H2,15,18,19). The van der Waals surface area contributed by atoms with Crippen molar-refractivity contribution in [2.24, 2.45) is 5.14 Å². The van der Waals surface area contributed by atoms with Crippen LogP contribution in [-0.2, 0) is 14.8 Å². The van der Waals surface area contributed by atoms with Crippen LogP contribution >= 0.6 is 15.9 Å². The SMILES string of the molecule is CC(C)OCCNC(=O)c1cc(F)c(Br)c(S(N)(=O)=O)c1. The molecule has 0 aliphatic carbocycles. The van der Waals surface area contributed by atoms with Gasteiger partial charge in [0.25, 0.3) is 5.91 Å². The van der Waals surface area contributed by atoms with Gasteiger partial charge in [-0.15, -0.1) is 0 Å².